The third-order valence-electron chi connectivity index (χ3n) is 4.01. The van der Waals surface area contributed by atoms with Crippen LogP contribution >= 0.6 is 11.3 Å². The first kappa shape index (κ1) is 12.3. The van der Waals surface area contributed by atoms with Crippen molar-refractivity contribution in [2.45, 2.75) is 32.2 Å². The van der Waals surface area contributed by atoms with Crippen LogP contribution in [0.5, 0.6) is 0 Å². The number of aromatic nitrogens is 3. The lowest BCUT2D eigenvalue weighted by molar-refractivity contribution is 0.0596. The van der Waals surface area contributed by atoms with Crippen molar-refractivity contribution in [1.82, 2.24) is 14.5 Å². The third kappa shape index (κ3) is 1.77. The first-order valence-corrected chi connectivity index (χ1v) is 8.07. The summed E-state index contributed by atoms with van der Waals surface area (Å²) in [6.45, 7) is 3.86. The molecular formula is C15H17N3OS. The van der Waals surface area contributed by atoms with Crippen molar-refractivity contribution in [3.63, 3.8) is 0 Å². The molecule has 1 aliphatic heterocycles. The van der Waals surface area contributed by atoms with Crippen LogP contribution < -0.4 is 0 Å². The molecule has 0 aliphatic carbocycles. The summed E-state index contributed by atoms with van der Waals surface area (Å²) in [7, 11) is 0. The van der Waals surface area contributed by atoms with Gasteiger partial charge in [-0.15, -0.1) is 11.3 Å². The van der Waals surface area contributed by atoms with Crippen LogP contribution in [-0.2, 0) is 11.2 Å². The van der Waals surface area contributed by atoms with Gasteiger partial charge in [0.2, 0.25) is 0 Å². The van der Waals surface area contributed by atoms with Crippen molar-refractivity contribution < 1.29 is 4.74 Å². The van der Waals surface area contributed by atoms with Gasteiger partial charge in [-0.2, -0.15) is 0 Å². The molecule has 20 heavy (non-hydrogen) atoms. The molecule has 0 radical (unpaired) electrons. The zero-order valence-electron chi connectivity index (χ0n) is 11.5. The predicted molar refractivity (Wildman–Crippen MR) is 81.4 cm³/mol. The SMILES string of the molecule is CCc1nc2cnc3ccsc3c2n1C1CCCOC1. The average Bonchev–Trinajstić information content (AvgIpc) is 3.11. The van der Waals surface area contributed by atoms with E-state index in [9.17, 15) is 0 Å². The monoisotopic (exact) mass is 287 g/mol. The number of hydrogen-bond donors (Lipinski definition) is 0. The average molecular weight is 287 g/mol. The Morgan fingerprint density at radius 1 is 1.45 bits per heavy atom. The molecule has 3 aromatic heterocycles. The lowest BCUT2D eigenvalue weighted by Crippen LogP contribution is -2.22. The number of fused-ring (bicyclic) bond motifs is 3. The van der Waals surface area contributed by atoms with Crippen molar-refractivity contribution in [1.29, 1.82) is 0 Å². The molecule has 104 valence electrons. The fourth-order valence-electron chi connectivity index (χ4n) is 3.10. The Kier molecular flexibility index (Phi) is 2.97. The molecule has 5 heteroatoms. The molecule has 0 spiro atoms. The molecule has 0 amide bonds. The molecule has 3 aromatic rings. The van der Waals surface area contributed by atoms with Gasteiger partial charge < -0.3 is 9.30 Å². The Morgan fingerprint density at radius 3 is 3.20 bits per heavy atom. The van der Waals surface area contributed by atoms with Crippen LogP contribution in [0.2, 0.25) is 0 Å². The quantitative estimate of drug-likeness (QED) is 0.723. The summed E-state index contributed by atoms with van der Waals surface area (Å²) in [6, 6.07) is 2.50. The molecule has 1 fully saturated rings. The fraction of sp³-hybridized carbons (Fsp3) is 0.467. The van der Waals surface area contributed by atoms with E-state index >= 15 is 0 Å². The summed E-state index contributed by atoms with van der Waals surface area (Å²) < 4.78 is 9.35. The fourth-order valence-corrected chi connectivity index (χ4v) is 3.99. The van der Waals surface area contributed by atoms with Crippen molar-refractivity contribution in [3.8, 4) is 0 Å². The van der Waals surface area contributed by atoms with Gasteiger partial charge in [0.1, 0.15) is 11.3 Å². The van der Waals surface area contributed by atoms with Gasteiger partial charge >= 0.3 is 0 Å². The minimum atomic E-state index is 0.413. The van der Waals surface area contributed by atoms with Gasteiger partial charge in [-0.3, -0.25) is 4.98 Å². The molecule has 4 rings (SSSR count). The number of ether oxygens (including phenoxy) is 1. The molecule has 0 bridgehead atoms. The Labute approximate surface area is 121 Å². The van der Waals surface area contributed by atoms with E-state index in [1.165, 1.54) is 16.6 Å². The van der Waals surface area contributed by atoms with Crippen molar-refractivity contribution in [3.05, 3.63) is 23.5 Å². The highest BCUT2D eigenvalue weighted by Crippen LogP contribution is 2.33. The van der Waals surface area contributed by atoms with Crippen LogP contribution in [0.1, 0.15) is 31.6 Å². The number of hydrogen-bond acceptors (Lipinski definition) is 4. The molecule has 1 unspecified atom stereocenters. The van der Waals surface area contributed by atoms with E-state index in [0.717, 1.165) is 42.9 Å². The Balaban J connectivity index is 2.01. The molecule has 1 aliphatic rings. The van der Waals surface area contributed by atoms with E-state index in [1.807, 2.05) is 6.20 Å². The van der Waals surface area contributed by atoms with Gasteiger partial charge in [-0.05, 0) is 24.3 Å². The number of imidazole rings is 1. The van der Waals surface area contributed by atoms with Crippen molar-refractivity contribution in [2.75, 3.05) is 13.2 Å². The second-order valence-corrected chi connectivity index (χ2v) is 6.17. The van der Waals surface area contributed by atoms with Gasteiger partial charge in [-0.25, -0.2) is 4.98 Å². The van der Waals surface area contributed by atoms with E-state index in [-0.39, 0.29) is 0 Å². The largest absolute Gasteiger partial charge is 0.379 e. The highest BCUT2D eigenvalue weighted by atomic mass is 32.1. The number of thiophene rings is 1. The van der Waals surface area contributed by atoms with Crippen LogP contribution in [0.3, 0.4) is 0 Å². The predicted octanol–water partition coefficient (Wildman–Crippen LogP) is 3.56. The molecule has 0 aromatic carbocycles. The van der Waals surface area contributed by atoms with E-state index in [4.69, 9.17) is 9.72 Å². The maximum absolute atomic E-state index is 5.69. The standard InChI is InChI=1S/C15H17N3OS/c1-2-13-17-12-8-16-11-5-7-20-15(11)14(12)18(13)10-4-3-6-19-9-10/h5,7-8,10H,2-4,6,9H2,1H3. The number of aryl methyl sites for hydroxylation is 1. The topological polar surface area (TPSA) is 39.9 Å². The highest BCUT2D eigenvalue weighted by molar-refractivity contribution is 7.18. The number of pyridine rings is 1. The molecule has 4 heterocycles. The van der Waals surface area contributed by atoms with Gasteiger partial charge in [-0.1, -0.05) is 6.92 Å². The second kappa shape index (κ2) is 4.82. The first-order chi connectivity index (χ1) is 9.88. The van der Waals surface area contributed by atoms with E-state index < -0.39 is 0 Å². The summed E-state index contributed by atoms with van der Waals surface area (Å²) in [5.41, 5.74) is 3.34. The molecule has 4 nitrogen and oxygen atoms in total. The van der Waals surface area contributed by atoms with Crippen LogP contribution in [0.4, 0.5) is 0 Å². The van der Waals surface area contributed by atoms with E-state index in [2.05, 4.69) is 27.9 Å². The van der Waals surface area contributed by atoms with Gasteiger partial charge in [0.15, 0.2) is 0 Å². The van der Waals surface area contributed by atoms with Gasteiger partial charge in [0.05, 0.1) is 34.6 Å². The Hall–Kier alpha value is -1.46. The summed E-state index contributed by atoms with van der Waals surface area (Å²) in [5, 5.41) is 2.11. The van der Waals surface area contributed by atoms with Crippen LogP contribution in [-0.4, -0.2) is 27.7 Å². The highest BCUT2D eigenvalue weighted by Gasteiger charge is 2.23. The van der Waals surface area contributed by atoms with E-state index in [1.54, 1.807) is 11.3 Å². The normalized spacial score (nSPS) is 19.9. The van der Waals surface area contributed by atoms with Crippen molar-refractivity contribution >= 4 is 32.6 Å². The van der Waals surface area contributed by atoms with Crippen LogP contribution in [0.25, 0.3) is 21.3 Å². The lowest BCUT2D eigenvalue weighted by Gasteiger charge is -2.25. The second-order valence-electron chi connectivity index (χ2n) is 5.25. The minimum Gasteiger partial charge on any atom is -0.379 e. The molecular weight excluding hydrogens is 270 g/mol. The molecule has 1 saturated heterocycles. The zero-order chi connectivity index (χ0) is 13.5. The minimum absolute atomic E-state index is 0.413. The number of nitrogens with zero attached hydrogens (tertiary/aromatic N) is 3. The Morgan fingerprint density at radius 2 is 2.40 bits per heavy atom. The van der Waals surface area contributed by atoms with E-state index in [0.29, 0.717) is 6.04 Å². The van der Waals surface area contributed by atoms with Crippen LogP contribution in [0.15, 0.2) is 17.6 Å². The smallest absolute Gasteiger partial charge is 0.110 e. The molecule has 1 atom stereocenters. The summed E-state index contributed by atoms with van der Waals surface area (Å²) in [5.74, 6) is 1.15. The van der Waals surface area contributed by atoms with Crippen LogP contribution in [0, 0.1) is 0 Å². The molecule has 0 N–H and O–H groups in total. The maximum Gasteiger partial charge on any atom is 0.110 e. The maximum atomic E-state index is 5.69. The third-order valence-corrected chi connectivity index (χ3v) is 4.92. The number of rotatable bonds is 2. The summed E-state index contributed by atoms with van der Waals surface area (Å²) in [4.78, 5) is 9.29. The van der Waals surface area contributed by atoms with Gasteiger partial charge in [0, 0.05) is 13.0 Å². The molecule has 0 saturated carbocycles. The Bertz CT molecular complexity index is 755. The van der Waals surface area contributed by atoms with Gasteiger partial charge in [0.25, 0.3) is 0 Å². The zero-order valence-corrected chi connectivity index (χ0v) is 12.3. The lowest BCUT2D eigenvalue weighted by atomic mass is 10.1. The van der Waals surface area contributed by atoms with Crippen molar-refractivity contribution in [2.24, 2.45) is 0 Å². The summed E-state index contributed by atoms with van der Waals surface area (Å²) in [6.07, 6.45) is 5.15. The first-order valence-electron chi connectivity index (χ1n) is 7.19. The summed E-state index contributed by atoms with van der Waals surface area (Å²) >= 11 is 1.75.